The van der Waals surface area contributed by atoms with E-state index in [1.165, 1.54) is 4.90 Å². The van der Waals surface area contributed by atoms with Gasteiger partial charge in [0.05, 0.1) is 5.69 Å². The largest absolute Gasteiger partial charge is 0.449 e. The third kappa shape index (κ3) is 4.90. The van der Waals surface area contributed by atoms with Crippen LogP contribution in [0.5, 0.6) is 5.75 Å². The summed E-state index contributed by atoms with van der Waals surface area (Å²) in [4.78, 5) is 27.2. The van der Waals surface area contributed by atoms with Gasteiger partial charge in [-0.3, -0.25) is 14.5 Å². The van der Waals surface area contributed by atoms with Crippen LogP contribution < -0.4 is 15.0 Å². The number of ether oxygens (including phenoxy) is 1. The van der Waals surface area contributed by atoms with Crippen LogP contribution >= 0.6 is 23.2 Å². The van der Waals surface area contributed by atoms with Gasteiger partial charge in [0.2, 0.25) is 5.91 Å². The quantitative estimate of drug-likeness (QED) is 0.549. The van der Waals surface area contributed by atoms with Gasteiger partial charge in [-0.15, -0.1) is 0 Å². The van der Waals surface area contributed by atoms with E-state index in [1.807, 2.05) is 24.3 Å². The van der Waals surface area contributed by atoms with E-state index in [2.05, 4.69) is 5.32 Å². The third-order valence-electron chi connectivity index (χ3n) is 4.71. The second kappa shape index (κ2) is 9.25. The van der Waals surface area contributed by atoms with Crippen molar-refractivity contribution in [2.45, 2.75) is 6.54 Å². The number of nitrogens with zero attached hydrogens (tertiary/aromatic N) is 1. The Hall–Kier alpha value is -3.28. The Bertz CT molecular complexity index is 1180. The summed E-state index contributed by atoms with van der Waals surface area (Å²) in [5, 5.41) is 3.94. The number of halogens is 2. The number of benzene rings is 3. The van der Waals surface area contributed by atoms with Crippen molar-refractivity contribution < 1.29 is 14.3 Å². The Morgan fingerprint density at radius 2 is 1.77 bits per heavy atom. The lowest BCUT2D eigenvalue weighted by molar-refractivity contribution is -0.123. The van der Waals surface area contributed by atoms with E-state index in [4.69, 9.17) is 27.9 Å². The maximum absolute atomic E-state index is 13.1. The van der Waals surface area contributed by atoms with Crippen LogP contribution in [-0.2, 0) is 16.1 Å². The summed E-state index contributed by atoms with van der Waals surface area (Å²) in [6.45, 7) is 0.112. The van der Waals surface area contributed by atoms with Crippen LogP contribution in [0.2, 0.25) is 10.0 Å². The molecule has 5 nitrogen and oxygen atoms in total. The minimum atomic E-state index is -0.411. The number of rotatable bonds is 5. The highest BCUT2D eigenvalue weighted by molar-refractivity contribution is 6.31. The third-order valence-corrected chi connectivity index (χ3v) is 5.32. The molecule has 1 aliphatic heterocycles. The summed E-state index contributed by atoms with van der Waals surface area (Å²) in [7, 11) is 0. The molecule has 4 rings (SSSR count). The average molecular weight is 453 g/mol. The van der Waals surface area contributed by atoms with Gasteiger partial charge in [-0.25, -0.2) is 0 Å². The number of para-hydroxylation sites is 2. The van der Waals surface area contributed by atoms with Crippen LogP contribution in [0.4, 0.5) is 5.69 Å². The van der Waals surface area contributed by atoms with Gasteiger partial charge in [-0.05, 0) is 47.5 Å². The molecule has 3 aromatic carbocycles. The molecule has 0 fully saturated rings. The number of carbonyl (C=O) groups is 2. The van der Waals surface area contributed by atoms with Crippen LogP contribution in [0.15, 0.2) is 78.6 Å². The highest BCUT2D eigenvalue weighted by Gasteiger charge is 2.31. The number of hydrogen-bond acceptors (Lipinski definition) is 3. The minimum absolute atomic E-state index is 0.111. The van der Waals surface area contributed by atoms with Crippen molar-refractivity contribution in [3.8, 4) is 5.75 Å². The summed E-state index contributed by atoms with van der Waals surface area (Å²) in [6, 6.07) is 21.4. The van der Waals surface area contributed by atoms with Gasteiger partial charge in [0, 0.05) is 16.6 Å². The van der Waals surface area contributed by atoms with Crippen molar-refractivity contribution in [1.29, 1.82) is 0 Å². The number of anilines is 1. The monoisotopic (exact) mass is 452 g/mol. The first kappa shape index (κ1) is 21.0. The number of nitrogens with one attached hydrogen (secondary N) is 1. The molecule has 0 bridgehead atoms. The fourth-order valence-corrected chi connectivity index (χ4v) is 3.60. The van der Waals surface area contributed by atoms with E-state index in [-0.39, 0.29) is 24.8 Å². The Balaban J connectivity index is 1.56. The summed E-state index contributed by atoms with van der Waals surface area (Å²) >= 11 is 12.2. The summed E-state index contributed by atoms with van der Waals surface area (Å²) in [6.07, 6.45) is 1.61. The summed E-state index contributed by atoms with van der Waals surface area (Å²) in [5.74, 6) is -0.118. The molecular formula is C24H18Cl2N2O3. The zero-order valence-electron chi connectivity index (χ0n) is 16.3. The molecule has 0 aromatic heterocycles. The number of hydrogen-bond donors (Lipinski definition) is 1. The van der Waals surface area contributed by atoms with E-state index < -0.39 is 5.91 Å². The van der Waals surface area contributed by atoms with Crippen LogP contribution in [-0.4, -0.2) is 18.4 Å². The van der Waals surface area contributed by atoms with E-state index in [1.54, 1.807) is 54.6 Å². The molecule has 1 N–H and O–H groups in total. The van der Waals surface area contributed by atoms with Crippen LogP contribution in [0.25, 0.3) is 6.08 Å². The zero-order valence-corrected chi connectivity index (χ0v) is 17.9. The van der Waals surface area contributed by atoms with Gasteiger partial charge >= 0.3 is 0 Å². The van der Waals surface area contributed by atoms with Gasteiger partial charge in [-0.1, -0.05) is 65.7 Å². The molecular weight excluding hydrogens is 435 g/mol. The molecule has 0 spiro atoms. The van der Waals surface area contributed by atoms with Crippen molar-refractivity contribution in [2.24, 2.45) is 0 Å². The molecule has 0 saturated carbocycles. The van der Waals surface area contributed by atoms with Crippen molar-refractivity contribution in [1.82, 2.24) is 5.32 Å². The number of carbonyl (C=O) groups excluding carboxylic acids is 2. The number of amides is 2. The van der Waals surface area contributed by atoms with E-state index in [0.717, 1.165) is 11.1 Å². The van der Waals surface area contributed by atoms with Gasteiger partial charge in [0.15, 0.2) is 11.5 Å². The van der Waals surface area contributed by atoms with Crippen LogP contribution in [0, 0.1) is 0 Å². The zero-order chi connectivity index (χ0) is 21.8. The second-order valence-corrected chi connectivity index (χ2v) is 7.74. The summed E-state index contributed by atoms with van der Waals surface area (Å²) < 4.78 is 5.82. The van der Waals surface area contributed by atoms with Crippen LogP contribution in [0.1, 0.15) is 11.1 Å². The first-order chi connectivity index (χ1) is 15.0. The highest BCUT2D eigenvalue weighted by Crippen LogP contribution is 2.35. The molecule has 0 atom stereocenters. The Kier molecular flexibility index (Phi) is 6.26. The lowest BCUT2D eigenvalue weighted by Crippen LogP contribution is -2.44. The molecule has 31 heavy (non-hydrogen) atoms. The maximum atomic E-state index is 13.1. The lowest BCUT2D eigenvalue weighted by Gasteiger charge is -2.30. The molecule has 2 amide bonds. The van der Waals surface area contributed by atoms with E-state index in [9.17, 15) is 9.59 Å². The highest BCUT2D eigenvalue weighted by atomic mass is 35.5. The second-order valence-electron chi connectivity index (χ2n) is 6.89. The van der Waals surface area contributed by atoms with Gasteiger partial charge in [0.25, 0.3) is 5.91 Å². The van der Waals surface area contributed by atoms with Crippen molar-refractivity contribution in [2.75, 3.05) is 11.4 Å². The van der Waals surface area contributed by atoms with Gasteiger partial charge in [-0.2, -0.15) is 0 Å². The standard InChI is InChI=1S/C24H18Cl2N2O3/c25-18-8-5-6-16(12-18)13-22-24(30)28(20-10-3-4-11-21(20)31-22)15-23(29)27-14-17-7-1-2-9-19(17)26/h1-13H,14-15H2,(H,27,29)/b22-13+. The number of fused-ring (bicyclic) bond motifs is 1. The maximum Gasteiger partial charge on any atom is 0.294 e. The minimum Gasteiger partial charge on any atom is -0.449 e. The van der Waals surface area contributed by atoms with Gasteiger partial charge < -0.3 is 10.1 Å². The van der Waals surface area contributed by atoms with Crippen molar-refractivity contribution >= 4 is 46.8 Å². The average Bonchev–Trinajstić information content (AvgIpc) is 2.76. The van der Waals surface area contributed by atoms with Gasteiger partial charge in [0.1, 0.15) is 6.54 Å². The molecule has 0 unspecified atom stereocenters. The normalized spacial score (nSPS) is 14.2. The smallest absolute Gasteiger partial charge is 0.294 e. The molecule has 0 radical (unpaired) electrons. The fraction of sp³-hybridized carbons (Fsp3) is 0.0833. The van der Waals surface area contributed by atoms with E-state index in [0.29, 0.717) is 21.5 Å². The SMILES string of the molecule is O=C(CN1C(=O)/C(=C\c2cccc(Cl)c2)Oc2ccccc21)NCc1ccccc1Cl. The van der Waals surface area contributed by atoms with Crippen LogP contribution in [0.3, 0.4) is 0 Å². The first-order valence-corrected chi connectivity index (χ1v) is 10.3. The Morgan fingerprint density at radius 1 is 1.00 bits per heavy atom. The molecule has 156 valence electrons. The molecule has 7 heteroatoms. The molecule has 0 aliphatic carbocycles. The Labute approximate surface area is 189 Å². The molecule has 3 aromatic rings. The van der Waals surface area contributed by atoms with Crippen molar-refractivity contribution in [3.05, 3.63) is 99.7 Å². The van der Waals surface area contributed by atoms with Crippen molar-refractivity contribution in [3.63, 3.8) is 0 Å². The molecule has 0 saturated heterocycles. The molecule has 1 aliphatic rings. The fourth-order valence-electron chi connectivity index (χ4n) is 3.20. The topological polar surface area (TPSA) is 58.6 Å². The lowest BCUT2D eigenvalue weighted by atomic mass is 10.1. The summed E-state index contributed by atoms with van der Waals surface area (Å²) in [5.41, 5.74) is 2.05. The van der Waals surface area contributed by atoms with E-state index >= 15 is 0 Å². The molecule has 1 heterocycles. The Morgan fingerprint density at radius 3 is 2.58 bits per heavy atom. The predicted octanol–water partition coefficient (Wildman–Crippen LogP) is 5.08. The predicted molar refractivity (Wildman–Crippen MR) is 122 cm³/mol. The first-order valence-electron chi connectivity index (χ1n) is 9.57.